The minimum atomic E-state index is -6.18. The van der Waals surface area contributed by atoms with Gasteiger partial charge in [0.15, 0.2) is 17.1 Å². The maximum Gasteiger partial charge on any atom is 0.534 e. The Morgan fingerprint density at radius 1 is 1.35 bits per heavy atom. The lowest BCUT2D eigenvalue weighted by molar-refractivity contribution is -0.141. The van der Waals surface area contributed by atoms with Gasteiger partial charge in [0.1, 0.15) is 11.9 Å². The molecule has 34 heavy (non-hydrogen) atoms. The normalized spacial score (nSPS) is 26.9. The van der Waals surface area contributed by atoms with Crippen molar-refractivity contribution in [3.05, 3.63) is 23.5 Å². The van der Waals surface area contributed by atoms with Crippen LogP contribution in [0.25, 0.3) is 0 Å². The number of carbonyl (C=O) groups excluding carboxylic acids is 1. The maximum absolute atomic E-state index is 14.6. The number of fused-ring (bicyclic) bond motifs is 4. The van der Waals surface area contributed by atoms with Crippen LogP contribution in [0.4, 0.5) is 17.6 Å². The Kier molecular flexibility index (Phi) is 5.75. The van der Waals surface area contributed by atoms with Gasteiger partial charge in [0.05, 0.1) is 25.5 Å². The van der Waals surface area contributed by atoms with Gasteiger partial charge in [-0.05, 0) is 6.07 Å². The summed E-state index contributed by atoms with van der Waals surface area (Å²) in [7, 11) is -1.38. The van der Waals surface area contributed by atoms with Crippen LogP contribution in [0.15, 0.2) is 22.1 Å². The van der Waals surface area contributed by atoms with Crippen LogP contribution in [0.3, 0.4) is 0 Å². The summed E-state index contributed by atoms with van der Waals surface area (Å²) in [5, 5.41) is 0. The van der Waals surface area contributed by atoms with Crippen LogP contribution in [0.2, 0.25) is 0 Å². The molecule has 3 atom stereocenters. The summed E-state index contributed by atoms with van der Waals surface area (Å²) in [6.07, 6.45) is 1.12. The van der Waals surface area contributed by atoms with E-state index in [-0.39, 0.29) is 23.9 Å². The first kappa shape index (κ1) is 24.2. The van der Waals surface area contributed by atoms with Crippen molar-refractivity contribution >= 4 is 28.3 Å². The van der Waals surface area contributed by atoms with E-state index in [9.17, 15) is 30.8 Å². The highest BCUT2D eigenvalue weighted by Crippen LogP contribution is 2.52. The molecule has 0 radical (unpaired) electrons. The van der Waals surface area contributed by atoms with Crippen molar-refractivity contribution in [3.8, 4) is 11.5 Å². The third-order valence-corrected chi connectivity index (χ3v) is 6.61. The van der Waals surface area contributed by atoms with Gasteiger partial charge in [-0.25, -0.2) is 14.4 Å². The molecule has 10 nitrogen and oxygen atoms in total. The molecule has 1 fully saturated rings. The molecule has 0 bridgehead atoms. The molecule has 0 saturated carbocycles. The van der Waals surface area contributed by atoms with Gasteiger partial charge in [0.25, 0.3) is 5.91 Å². The summed E-state index contributed by atoms with van der Waals surface area (Å²) >= 11 is 0. The van der Waals surface area contributed by atoms with Crippen LogP contribution in [-0.2, 0) is 25.2 Å². The zero-order chi connectivity index (χ0) is 25.1. The number of hydrogen-bond donors (Lipinski definition) is 0. The number of aliphatic imine (C=N–C) groups is 2. The van der Waals surface area contributed by atoms with Crippen molar-refractivity contribution in [2.45, 2.75) is 23.6 Å². The predicted octanol–water partition coefficient (Wildman–Crippen LogP) is 1.46. The van der Waals surface area contributed by atoms with E-state index in [1.807, 2.05) is 0 Å². The topological polar surface area (TPSA) is 110 Å². The van der Waals surface area contributed by atoms with Crippen LogP contribution in [0.1, 0.15) is 12.0 Å². The van der Waals surface area contributed by atoms with Crippen molar-refractivity contribution in [3.63, 3.8) is 0 Å². The van der Waals surface area contributed by atoms with Gasteiger partial charge in [-0.2, -0.15) is 21.6 Å². The smallest absolute Gasteiger partial charge is 0.489 e. The summed E-state index contributed by atoms with van der Waals surface area (Å²) in [6.45, 7) is 0.311. The number of amides is 1. The fraction of sp³-hybridized carbons (Fsp3) is 0.526. The minimum Gasteiger partial charge on any atom is -0.489 e. The summed E-state index contributed by atoms with van der Waals surface area (Å²) in [5.41, 5.74) is -7.75. The summed E-state index contributed by atoms with van der Waals surface area (Å²) in [4.78, 5) is 25.0. The zero-order valence-corrected chi connectivity index (χ0v) is 19.0. The molecule has 15 heteroatoms. The van der Waals surface area contributed by atoms with E-state index in [4.69, 9.17) is 9.47 Å². The van der Waals surface area contributed by atoms with Gasteiger partial charge in [0.2, 0.25) is 5.96 Å². The Balaban J connectivity index is 1.91. The van der Waals surface area contributed by atoms with Crippen LogP contribution < -0.4 is 8.92 Å². The highest BCUT2D eigenvalue weighted by molar-refractivity contribution is 7.88. The van der Waals surface area contributed by atoms with Gasteiger partial charge in [-0.3, -0.25) is 9.69 Å². The second kappa shape index (κ2) is 8.08. The van der Waals surface area contributed by atoms with E-state index in [1.54, 1.807) is 19.0 Å². The van der Waals surface area contributed by atoms with Crippen LogP contribution >= 0.6 is 0 Å². The number of carbonyl (C=O) groups is 1. The summed E-state index contributed by atoms with van der Waals surface area (Å²) in [6, 6.07) is 1.39. The van der Waals surface area contributed by atoms with Crippen LogP contribution in [-0.4, -0.2) is 82.4 Å². The molecule has 1 aromatic carbocycles. The Bertz CT molecular complexity index is 1190. The highest BCUT2D eigenvalue weighted by atomic mass is 32.2. The number of hydrogen-bond acceptors (Lipinski definition) is 8. The predicted molar refractivity (Wildman–Crippen MR) is 109 cm³/mol. The average Bonchev–Trinajstić information content (AvgIpc) is 2.98. The van der Waals surface area contributed by atoms with Gasteiger partial charge < -0.3 is 18.6 Å². The molecule has 3 aliphatic rings. The van der Waals surface area contributed by atoms with E-state index in [0.717, 1.165) is 4.90 Å². The van der Waals surface area contributed by atoms with Crippen molar-refractivity contribution < 1.29 is 44.4 Å². The molecule has 1 spiro atoms. The van der Waals surface area contributed by atoms with Crippen molar-refractivity contribution in [1.29, 1.82) is 0 Å². The van der Waals surface area contributed by atoms with Gasteiger partial charge >= 0.3 is 15.6 Å². The first-order valence-corrected chi connectivity index (χ1v) is 11.4. The number of alkyl halides is 3. The first-order chi connectivity index (χ1) is 15.8. The second-order valence-electron chi connectivity index (χ2n) is 8.14. The quantitative estimate of drug-likeness (QED) is 0.200. The molecule has 0 aliphatic carbocycles. The molecule has 1 aromatic rings. The molecule has 1 saturated heterocycles. The van der Waals surface area contributed by atoms with Crippen LogP contribution in [0, 0.1) is 11.7 Å². The van der Waals surface area contributed by atoms with Crippen molar-refractivity contribution in [2.24, 2.45) is 15.9 Å². The molecule has 0 N–H and O–H groups in total. The lowest BCUT2D eigenvalue weighted by Crippen LogP contribution is -2.56. The molecule has 4 rings (SSSR count). The van der Waals surface area contributed by atoms with E-state index in [0.29, 0.717) is 25.2 Å². The lowest BCUT2D eigenvalue weighted by Gasteiger charge is -2.45. The second-order valence-corrected chi connectivity index (χ2v) is 9.68. The fourth-order valence-corrected chi connectivity index (χ4v) is 4.56. The molecule has 3 heterocycles. The number of rotatable bonds is 3. The monoisotopic (exact) mass is 508 g/mol. The molecule has 1 amide bonds. The summed E-state index contributed by atoms with van der Waals surface area (Å²) < 4.78 is 91.6. The van der Waals surface area contributed by atoms with E-state index in [2.05, 4.69) is 14.2 Å². The highest BCUT2D eigenvalue weighted by Gasteiger charge is 2.61. The molecule has 0 aromatic heterocycles. The first-order valence-electron chi connectivity index (χ1n) is 9.95. The molecule has 0 unspecified atom stereocenters. The minimum absolute atomic E-state index is 0.00623. The Hall–Kier alpha value is -2.94. The van der Waals surface area contributed by atoms with E-state index >= 15 is 0 Å². The Morgan fingerprint density at radius 2 is 2.06 bits per heavy atom. The molecule has 3 aliphatic heterocycles. The largest absolute Gasteiger partial charge is 0.534 e. The van der Waals surface area contributed by atoms with Gasteiger partial charge in [0, 0.05) is 39.2 Å². The third kappa shape index (κ3) is 3.76. The zero-order valence-electron chi connectivity index (χ0n) is 18.2. The Morgan fingerprint density at radius 3 is 2.71 bits per heavy atom. The fourth-order valence-electron chi connectivity index (χ4n) is 4.10. The van der Waals surface area contributed by atoms with Crippen molar-refractivity contribution in [2.75, 3.05) is 34.4 Å². The SMILES string of the molecule is CN(C)C=NC1=N[C@@]2(C(=O)N1C)c1cc(OS(=O)(=O)C(F)(F)F)c(F)cc1O[C@H]1CCOC[C@H]12. The van der Waals surface area contributed by atoms with E-state index < -0.39 is 50.7 Å². The molecular weight excluding hydrogens is 488 g/mol. The Labute approximate surface area is 191 Å². The number of halogens is 4. The van der Waals surface area contributed by atoms with Gasteiger partial charge in [-0.1, -0.05) is 0 Å². The standard InChI is InChI=1S/C19H20F4N4O6S/c1-26(2)9-24-17-25-18(16(28)27(17)3)10-6-15(33-34(29,30)19(21,22)23)12(20)7-14(10)32-13-4-5-31-8-11(13)18/h6-7,9,11,13H,4-5,8H2,1-3H3/t11-,13+,18+/m1/s1. The molecular formula is C19H20F4N4O6S. The third-order valence-electron chi connectivity index (χ3n) is 5.65. The van der Waals surface area contributed by atoms with Crippen LogP contribution in [0.5, 0.6) is 11.5 Å². The number of ether oxygens (including phenoxy) is 2. The summed E-state index contributed by atoms with van der Waals surface area (Å²) in [5.74, 6) is -4.19. The van der Waals surface area contributed by atoms with Gasteiger partial charge in [-0.15, -0.1) is 0 Å². The molecule has 186 valence electrons. The number of guanidine groups is 1. The average molecular weight is 508 g/mol. The number of benzene rings is 1. The maximum atomic E-state index is 14.6. The number of likely N-dealkylation sites (N-methyl/N-ethyl adjacent to an activating group) is 1. The van der Waals surface area contributed by atoms with Crippen molar-refractivity contribution in [1.82, 2.24) is 9.80 Å². The number of nitrogens with zero attached hydrogens (tertiary/aromatic N) is 4. The lowest BCUT2D eigenvalue weighted by atomic mass is 9.71. The van der Waals surface area contributed by atoms with E-state index in [1.165, 1.54) is 13.4 Å².